The molecule has 4 rings (SSSR count). The number of ether oxygens (including phenoxy) is 2. The van der Waals surface area contributed by atoms with Crippen LogP contribution in [0.2, 0.25) is 0 Å². The molecule has 2 bridgehead atoms. The molecule has 4 aliphatic rings. The number of allylic oxidation sites excluding steroid dienone is 3. The number of methoxy groups -OCH3 is 1. The Balaban J connectivity index is 1.98. The fourth-order valence-electron chi connectivity index (χ4n) is 9.56. The first-order valence-corrected chi connectivity index (χ1v) is 19.1. The van der Waals surface area contributed by atoms with E-state index in [1.165, 1.54) is 7.11 Å². The van der Waals surface area contributed by atoms with Gasteiger partial charge in [-0.1, -0.05) is 57.8 Å². The summed E-state index contributed by atoms with van der Waals surface area (Å²) in [5.74, 6) is -3.92. The van der Waals surface area contributed by atoms with Gasteiger partial charge in [-0.25, -0.2) is 0 Å². The molecule has 0 aromatic rings. The van der Waals surface area contributed by atoms with Crippen molar-refractivity contribution in [3.8, 4) is 0 Å². The van der Waals surface area contributed by atoms with Crippen LogP contribution in [0.1, 0.15) is 132 Å². The number of aliphatic hydroxyl groups is 3. The summed E-state index contributed by atoms with van der Waals surface area (Å²) in [6.45, 7) is 15.0. The molecule has 11 atom stereocenters. The lowest BCUT2D eigenvalue weighted by molar-refractivity contribution is -0.169. The van der Waals surface area contributed by atoms with Crippen LogP contribution in [0.25, 0.3) is 0 Å². The maximum atomic E-state index is 14.7. The fraction of sp³-hybridized carbons (Fsp3) is 0.805. The Bertz CT molecular complexity index is 1360. The summed E-state index contributed by atoms with van der Waals surface area (Å²) in [7, 11) is 1.27. The molecule has 9 nitrogen and oxygen atoms in total. The Morgan fingerprint density at radius 3 is 2.28 bits per heavy atom. The maximum absolute atomic E-state index is 14.7. The maximum Gasteiger partial charge on any atom is 0.313 e. The van der Waals surface area contributed by atoms with Gasteiger partial charge in [-0.3, -0.25) is 19.2 Å². The number of hydrogen-bond donors (Lipinski definition) is 3. The van der Waals surface area contributed by atoms with Gasteiger partial charge in [-0.15, -0.1) is 0 Å². The number of hydrogen-bond acceptors (Lipinski definition) is 9. The lowest BCUT2D eigenvalue weighted by atomic mass is 9.52. The Labute approximate surface area is 299 Å². The molecule has 1 saturated heterocycles. The van der Waals surface area contributed by atoms with Crippen molar-refractivity contribution in [2.45, 2.75) is 162 Å². The van der Waals surface area contributed by atoms with Crippen LogP contribution in [0.3, 0.4) is 0 Å². The molecular formula is C41H64O9. The van der Waals surface area contributed by atoms with Crippen molar-refractivity contribution in [2.24, 2.45) is 40.9 Å². The standard InChI is InChI=1S/C41H64O9/c1-23(2)28-20-31(42)26(5)12-10-11-24(3)18-32(43)29-19-27(6)37-30(41(29,22-33(28)44)38(47)49-9)17-25(4)13-14-35(46)40(8)16-15-36(50-40)39(7,48)21-34(37)45/h17,23-24,26,28-30,34-36,45-46,48H,10-16,18-22H2,1-9H3/t24-,26+,28-,29+,30-,34+,35+,36+,39-,40-,41+/m0/s1. The summed E-state index contributed by atoms with van der Waals surface area (Å²) in [5.41, 5.74) is -1.96. The summed E-state index contributed by atoms with van der Waals surface area (Å²) in [6, 6.07) is 0. The second-order valence-electron chi connectivity index (χ2n) is 17.4. The van der Waals surface area contributed by atoms with Crippen molar-refractivity contribution in [2.75, 3.05) is 7.11 Å². The van der Waals surface area contributed by atoms with Crippen LogP contribution in [0.4, 0.5) is 0 Å². The highest BCUT2D eigenvalue weighted by Gasteiger charge is 2.60. The molecular weight excluding hydrogens is 636 g/mol. The monoisotopic (exact) mass is 700 g/mol. The summed E-state index contributed by atoms with van der Waals surface area (Å²) in [4.78, 5) is 57.4. The lowest BCUT2D eigenvalue weighted by Gasteiger charge is -2.49. The quantitative estimate of drug-likeness (QED) is 0.225. The van der Waals surface area contributed by atoms with Crippen LogP contribution in [0.5, 0.6) is 0 Å². The van der Waals surface area contributed by atoms with Crippen LogP contribution < -0.4 is 0 Å². The van der Waals surface area contributed by atoms with E-state index in [1.807, 2.05) is 54.5 Å². The van der Waals surface area contributed by atoms with E-state index >= 15 is 0 Å². The molecule has 2 fully saturated rings. The summed E-state index contributed by atoms with van der Waals surface area (Å²) in [5, 5.41) is 35.4. The SMILES string of the molecule is COC(=O)[C@]12CC(=O)[C@H](C(C)C)CC(=O)[C@H](C)CCC[C@H](C)CC(=O)[C@H]1CC(C)=C1[C@H](O)C[C@](C)(O)[C@H]3CC[C@](C)(O3)[C@H](O)CCC(C)=C[C@@H]12. The van der Waals surface area contributed by atoms with Gasteiger partial charge in [0.25, 0.3) is 0 Å². The van der Waals surface area contributed by atoms with Crippen molar-refractivity contribution in [1.29, 1.82) is 0 Å². The largest absolute Gasteiger partial charge is 0.469 e. The minimum atomic E-state index is -1.70. The Hall–Kier alpha value is -2.20. The average molecular weight is 701 g/mol. The molecule has 1 saturated carbocycles. The van der Waals surface area contributed by atoms with Crippen molar-refractivity contribution < 1.29 is 44.0 Å². The van der Waals surface area contributed by atoms with E-state index in [2.05, 4.69) is 0 Å². The van der Waals surface area contributed by atoms with E-state index in [4.69, 9.17) is 9.47 Å². The predicted octanol–water partition coefficient (Wildman–Crippen LogP) is 6.25. The number of ketones is 3. The molecule has 2 aliphatic heterocycles. The highest BCUT2D eigenvalue weighted by molar-refractivity contribution is 5.97. The van der Waals surface area contributed by atoms with E-state index < -0.39 is 58.7 Å². The number of carbonyl (C=O) groups is 4. The van der Waals surface area contributed by atoms with Gasteiger partial charge in [0.15, 0.2) is 0 Å². The van der Waals surface area contributed by atoms with Gasteiger partial charge < -0.3 is 24.8 Å². The average Bonchev–Trinajstić information content (AvgIpc) is 3.45. The van der Waals surface area contributed by atoms with Crippen LogP contribution in [0, 0.1) is 40.9 Å². The lowest BCUT2D eigenvalue weighted by Crippen LogP contribution is -2.55. The molecule has 0 aromatic heterocycles. The zero-order chi connectivity index (χ0) is 37.3. The van der Waals surface area contributed by atoms with Crippen molar-refractivity contribution in [3.05, 3.63) is 22.8 Å². The minimum Gasteiger partial charge on any atom is -0.469 e. The van der Waals surface area contributed by atoms with Crippen LogP contribution >= 0.6 is 0 Å². The van der Waals surface area contributed by atoms with Gasteiger partial charge in [0.05, 0.1) is 42.0 Å². The second kappa shape index (κ2) is 15.8. The number of rotatable bonds is 2. The molecule has 0 radical (unpaired) electrons. The van der Waals surface area contributed by atoms with Crippen molar-refractivity contribution >= 4 is 23.3 Å². The van der Waals surface area contributed by atoms with Gasteiger partial charge in [-0.2, -0.15) is 0 Å². The van der Waals surface area contributed by atoms with E-state index in [0.717, 1.165) is 24.0 Å². The summed E-state index contributed by atoms with van der Waals surface area (Å²) < 4.78 is 11.9. The van der Waals surface area contributed by atoms with Crippen LogP contribution in [0.15, 0.2) is 22.8 Å². The first-order valence-electron chi connectivity index (χ1n) is 19.1. The molecule has 9 heteroatoms. The zero-order valence-electron chi connectivity index (χ0n) is 32.0. The van der Waals surface area contributed by atoms with E-state index in [9.17, 15) is 34.5 Å². The smallest absolute Gasteiger partial charge is 0.313 e. The topological polar surface area (TPSA) is 147 Å². The number of carbonyl (C=O) groups excluding carboxylic acids is 4. The second-order valence-corrected chi connectivity index (χ2v) is 17.4. The van der Waals surface area contributed by atoms with E-state index in [1.54, 1.807) is 6.92 Å². The molecule has 3 N–H and O–H groups in total. The number of aliphatic hydroxyl groups excluding tert-OH is 2. The minimum absolute atomic E-state index is 0.00387. The molecule has 0 spiro atoms. The van der Waals surface area contributed by atoms with Gasteiger partial charge in [0, 0.05) is 49.4 Å². The van der Waals surface area contributed by atoms with Crippen LogP contribution in [-0.2, 0) is 28.7 Å². The normalized spacial score (nSPS) is 41.6. The molecule has 0 amide bonds. The first-order chi connectivity index (χ1) is 23.3. The first kappa shape index (κ1) is 40.6. The number of esters is 1. The van der Waals surface area contributed by atoms with E-state index in [-0.39, 0.29) is 67.2 Å². The Kier molecular flexibility index (Phi) is 12.8. The van der Waals surface area contributed by atoms with E-state index in [0.29, 0.717) is 37.7 Å². The third kappa shape index (κ3) is 8.21. The van der Waals surface area contributed by atoms with Gasteiger partial charge >= 0.3 is 5.97 Å². The van der Waals surface area contributed by atoms with Gasteiger partial charge in [0.2, 0.25) is 0 Å². The number of Topliss-reactive ketones (excluding diaryl/α,β-unsaturated/α-hetero) is 3. The molecule has 0 aromatic carbocycles. The molecule has 50 heavy (non-hydrogen) atoms. The summed E-state index contributed by atoms with van der Waals surface area (Å²) >= 11 is 0. The van der Waals surface area contributed by atoms with Crippen LogP contribution in [-0.4, -0.2) is 75.3 Å². The number of fused-ring (bicyclic) bond motifs is 5. The van der Waals surface area contributed by atoms with Gasteiger partial charge in [-0.05, 0) is 83.6 Å². The summed E-state index contributed by atoms with van der Waals surface area (Å²) in [6.07, 6.45) is 3.32. The molecule has 2 aliphatic carbocycles. The highest BCUT2D eigenvalue weighted by Crippen LogP contribution is 2.56. The molecule has 0 unspecified atom stereocenters. The molecule has 2 heterocycles. The molecule has 282 valence electrons. The third-order valence-corrected chi connectivity index (χ3v) is 13.0. The predicted molar refractivity (Wildman–Crippen MR) is 191 cm³/mol. The Morgan fingerprint density at radius 2 is 1.64 bits per heavy atom. The fourth-order valence-corrected chi connectivity index (χ4v) is 9.56. The third-order valence-electron chi connectivity index (χ3n) is 13.0. The Morgan fingerprint density at radius 1 is 0.960 bits per heavy atom. The zero-order valence-corrected chi connectivity index (χ0v) is 32.0. The van der Waals surface area contributed by atoms with Gasteiger partial charge in [0.1, 0.15) is 17.3 Å². The van der Waals surface area contributed by atoms with Crippen molar-refractivity contribution in [1.82, 2.24) is 0 Å². The van der Waals surface area contributed by atoms with Crippen molar-refractivity contribution in [3.63, 3.8) is 0 Å². The highest BCUT2D eigenvalue weighted by atomic mass is 16.5.